The predicted molar refractivity (Wildman–Crippen MR) is 101 cm³/mol. The number of rotatable bonds is 7. The number of likely N-dealkylation sites (tertiary alicyclic amines) is 1. The van der Waals surface area contributed by atoms with E-state index in [4.69, 9.17) is 4.74 Å². The van der Waals surface area contributed by atoms with Gasteiger partial charge in [-0.15, -0.1) is 24.0 Å². The number of guanidine groups is 1. The second-order valence-corrected chi connectivity index (χ2v) is 5.91. The lowest BCUT2D eigenvalue weighted by Crippen LogP contribution is -2.55. The summed E-state index contributed by atoms with van der Waals surface area (Å²) in [6, 6.07) is 0. The van der Waals surface area contributed by atoms with Crippen molar-refractivity contribution in [3.05, 3.63) is 0 Å². The summed E-state index contributed by atoms with van der Waals surface area (Å²) in [6.45, 7) is 12.2. The topological polar surface area (TPSA) is 48.9 Å². The van der Waals surface area contributed by atoms with Crippen LogP contribution >= 0.6 is 24.0 Å². The minimum absolute atomic E-state index is 0. The number of piperidine rings is 1. The van der Waals surface area contributed by atoms with Gasteiger partial charge in [0, 0.05) is 32.3 Å². The van der Waals surface area contributed by atoms with Gasteiger partial charge in [-0.05, 0) is 46.7 Å². The quantitative estimate of drug-likeness (QED) is 0.291. The Hall–Kier alpha value is -0.0800. The molecule has 0 bridgehead atoms. The highest BCUT2D eigenvalue weighted by atomic mass is 127. The molecule has 126 valence electrons. The van der Waals surface area contributed by atoms with Gasteiger partial charge in [0.1, 0.15) is 0 Å². The second-order valence-electron chi connectivity index (χ2n) is 5.91. The molecule has 0 spiro atoms. The molecule has 1 rings (SSSR count). The van der Waals surface area contributed by atoms with Gasteiger partial charge in [-0.25, -0.2) is 0 Å². The van der Waals surface area contributed by atoms with E-state index in [1.165, 1.54) is 32.4 Å². The monoisotopic (exact) mass is 412 g/mol. The molecule has 1 fully saturated rings. The van der Waals surface area contributed by atoms with Crippen molar-refractivity contribution in [3.8, 4) is 0 Å². The third-order valence-corrected chi connectivity index (χ3v) is 3.87. The van der Waals surface area contributed by atoms with Crippen LogP contribution in [0.25, 0.3) is 0 Å². The van der Waals surface area contributed by atoms with E-state index in [0.29, 0.717) is 6.61 Å². The van der Waals surface area contributed by atoms with Crippen molar-refractivity contribution in [2.75, 3.05) is 46.4 Å². The first-order valence-electron chi connectivity index (χ1n) is 7.87. The first-order chi connectivity index (χ1) is 9.60. The SMILES string of the molecule is CCOCCNC(=NC)NCC(C)(C)N1CCCCC1.I. The first kappa shape index (κ1) is 20.9. The van der Waals surface area contributed by atoms with Crippen molar-refractivity contribution in [1.82, 2.24) is 15.5 Å². The maximum Gasteiger partial charge on any atom is 0.191 e. The van der Waals surface area contributed by atoms with E-state index >= 15 is 0 Å². The van der Waals surface area contributed by atoms with E-state index in [2.05, 4.69) is 34.4 Å². The lowest BCUT2D eigenvalue weighted by atomic mass is 9.98. The lowest BCUT2D eigenvalue weighted by molar-refractivity contribution is 0.0981. The van der Waals surface area contributed by atoms with Crippen LogP contribution in [0.3, 0.4) is 0 Å². The Bertz CT molecular complexity index is 291. The van der Waals surface area contributed by atoms with Gasteiger partial charge in [-0.2, -0.15) is 0 Å². The number of hydrogen-bond acceptors (Lipinski definition) is 3. The highest BCUT2D eigenvalue weighted by Crippen LogP contribution is 2.19. The highest BCUT2D eigenvalue weighted by Gasteiger charge is 2.27. The van der Waals surface area contributed by atoms with E-state index in [1.807, 2.05) is 14.0 Å². The lowest BCUT2D eigenvalue weighted by Gasteiger charge is -2.41. The molecule has 6 heteroatoms. The number of halogens is 1. The average molecular weight is 412 g/mol. The number of ether oxygens (including phenoxy) is 1. The molecule has 0 unspecified atom stereocenters. The largest absolute Gasteiger partial charge is 0.380 e. The van der Waals surface area contributed by atoms with Gasteiger partial charge in [0.05, 0.1) is 6.61 Å². The summed E-state index contributed by atoms with van der Waals surface area (Å²) in [6.07, 6.45) is 4.02. The third kappa shape index (κ3) is 8.21. The molecule has 1 aliphatic rings. The van der Waals surface area contributed by atoms with Gasteiger partial charge in [-0.1, -0.05) is 6.42 Å². The normalized spacial score (nSPS) is 17.2. The van der Waals surface area contributed by atoms with Crippen LogP contribution < -0.4 is 10.6 Å². The minimum atomic E-state index is 0. The Morgan fingerprint density at radius 1 is 1.19 bits per heavy atom. The van der Waals surface area contributed by atoms with Crippen molar-refractivity contribution in [3.63, 3.8) is 0 Å². The molecule has 5 nitrogen and oxygen atoms in total. The van der Waals surface area contributed by atoms with Crippen LogP contribution in [-0.2, 0) is 4.74 Å². The molecule has 1 heterocycles. The van der Waals surface area contributed by atoms with Crippen molar-refractivity contribution in [1.29, 1.82) is 0 Å². The molecule has 1 aliphatic heterocycles. The number of nitrogens with one attached hydrogen (secondary N) is 2. The summed E-state index contributed by atoms with van der Waals surface area (Å²) in [5.74, 6) is 0.856. The van der Waals surface area contributed by atoms with Gasteiger partial charge in [-0.3, -0.25) is 9.89 Å². The van der Waals surface area contributed by atoms with Crippen molar-refractivity contribution >= 4 is 29.9 Å². The Labute approximate surface area is 147 Å². The smallest absolute Gasteiger partial charge is 0.191 e. The van der Waals surface area contributed by atoms with Crippen molar-refractivity contribution < 1.29 is 4.74 Å². The molecular weight excluding hydrogens is 379 g/mol. The molecule has 0 aromatic carbocycles. The Kier molecular flexibility index (Phi) is 11.4. The number of nitrogens with zero attached hydrogens (tertiary/aromatic N) is 2. The zero-order valence-electron chi connectivity index (χ0n) is 14.1. The summed E-state index contributed by atoms with van der Waals surface area (Å²) < 4.78 is 5.32. The van der Waals surface area contributed by atoms with E-state index in [9.17, 15) is 0 Å². The first-order valence-corrected chi connectivity index (χ1v) is 7.87. The Morgan fingerprint density at radius 3 is 2.43 bits per heavy atom. The molecule has 21 heavy (non-hydrogen) atoms. The van der Waals surface area contributed by atoms with Crippen LogP contribution in [0, 0.1) is 0 Å². The summed E-state index contributed by atoms with van der Waals surface area (Å²) >= 11 is 0. The predicted octanol–water partition coefficient (Wildman–Crippen LogP) is 2.07. The molecule has 1 saturated heterocycles. The summed E-state index contributed by atoms with van der Waals surface area (Å²) in [5.41, 5.74) is 0.165. The van der Waals surface area contributed by atoms with E-state index in [-0.39, 0.29) is 29.5 Å². The van der Waals surface area contributed by atoms with E-state index in [0.717, 1.165) is 25.7 Å². The van der Waals surface area contributed by atoms with Crippen LogP contribution in [0.2, 0.25) is 0 Å². The van der Waals surface area contributed by atoms with Gasteiger partial charge < -0.3 is 15.4 Å². The molecule has 0 radical (unpaired) electrons. The summed E-state index contributed by atoms with van der Waals surface area (Å²) in [5, 5.41) is 6.70. The zero-order valence-corrected chi connectivity index (χ0v) is 16.4. The van der Waals surface area contributed by atoms with Crippen molar-refractivity contribution in [2.24, 2.45) is 4.99 Å². The van der Waals surface area contributed by atoms with Crippen LogP contribution in [-0.4, -0.2) is 62.8 Å². The minimum Gasteiger partial charge on any atom is -0.380 e. The Morgan fingerprint density at radius 2 is 1.86 bits per heavy atom. The van der Waals surface area contributed by atoms with Gasteiger partial charge >= 0.3 is 0 Å². The maximum atomic E-state index is 5.32. The third-order valence-electron chi connectivity index (χ3n) is 3.87. The van der Waals surface area contributed by atoms with Crippen LogP contribution in [0.15, 0.2) is 4.99 Å². The maximum absolute atomic E-state index is 5.32. The molecule has 2 N–H and O–H groups in total. The van der Waals surface area contributed by atoms with E-state index in [1.54, 1.807) is 0 Å². The zero-order chi connectivity index (χ0) is 14.8. The fraction of sp³-hybridized carbons (Fsp3) is 0.933. The van der Waals surface area contributed by atoms with E-state index < -0.39 is 0 Å². The van der Waals surface area contributed by atoms with Crippen LogP contribution in [0.4, 0.5) is 0 Å². The molecule has 0 atom stereocenters. The summed E-state index contributed by atoms with van der Waals surface area (Å²) in [4.78, 5) is 6.83. The van der Waals surface area contributed by atoms with Crippen LogP contribution in [0.5, 0.6) is 0 Å². The molecule has 0 aliphatic carbocycles. The second kappa shape index (κ2) is 11.5. The molecule has 0 aromatic rings. The fourth-order valence-electron chi connectivity index (χ4n) is 2.52. The average Bonchev–Trinajstić information content (AvgIpc) is 2.47. The van der Waals surface area contributed by atoms with Crippen molar-refractivity contribution in [2.45, 2.75) is 45.6 Å². The number of aliphatic imine (C=N–C) groups is 1. The highest BCUT2D eigenvalue weighted by molar-refractivity contribution is 14.0. The molecule has 0 amide bonds. The molecule has 0 aromatic heterocycles. The Balaban J connectivity index is 0.00000400. The number of hydrogen-bond donors (Lipinski definition) is 2. The van der Waals surface area contributed by atoms with Gasteiger partial charge in [0.15, 0.2) is 5.96 Å². The standard InChI is InChI=1S/C15H32N4O.HI/c1-5-20-12-9-17-14(16-4)18-13-15(2,3)19-10-7-6-8-11-19;/h5-13H2,1-4H3,(H2,16,17,18);1H. The molecule has 0 saturated carbocycles. The summed E-state index contributed by atoms with van der Waals surface area (Å²) in [7, 11) is 1.81. The van der Waals surface area contributed by atoms with Gasteiger partial charge in [0.2, 0.25) is 0 Å². The molecular formula is C15H33IN4O. The van der Waals surface area contributed by atoms with Gasteiger partial charge in [0.25, 0.3) is 0 Å². The fourth-order valence-corrected chi connectivity index (χ4v) is 2.52. The van der Waals surface area contributed by atoms with Crippen LogP contribution in [0.1, 0.15) is 40.0 Å².